The average molecular weight is 234 g/mol. The second-order valence-electron chi connectivity index (χ2n) is 3.03. The quantitative estimate of drug-likeness (QED) is 0.478. The molecule has 0 bridgehead atoms. The minimum atomic E-state index is -0.586. The van der Waals surface area contributed by atoms with Crippen LogP contribution in [0.15, 0.2) is 18.2 Å². The summed E-state index contributed by atoms with van der Waals surface area (Å²) in [5.41, 5.74) is -0.103. The molecular weight excluding hydrogens is 224 g/mol. The van der Waals surface area contributed by atoms with Crippen molar-refractivity contribution in [1.82, 2.24) is 5.32 Å². The maximum absolute atomic E-state index is 11.6. The van der Waals surface area contributed by atoms with E-state index in [-0.39, 0.29) is 23.5 Å². The van der Waals surface area contributed by atoms with E-state index in [1.165, 1.54) is 19.2 Å². The molecule has 0 fully saturated rings. The number of nitrogens with zero attached hydrogens (tertiary/aromatic N) is 1. The topological polar surface area (TPSA) is 81.5 Å². The maximum atomic E-state index is 11.6. The highest BCUT2D eigenvalue weighted by Gasteiger charge is 2.16. The molecule has 0 heterocycles. The lowest BCUT2D eigenvalue weighted by molar-refractivity contribution is -0.384. The van der Waals surface area contributed by atoms with Gasteiger partial charge in [0.25, 0.3) is 11.6 Å². The van der Waals surface area contributed by atoms with Gasteiger partial charge in [-0.1, -0.05) is 5.92 Å². The molecule has 1 N–H and O–H groups in total. The lowest BCUT2D eigenvalue weighted by atomic mass is 10.1. The molecule has 0 saturated carbocycles. The number of terminal acetylenes is 1. The maximum Gasteiger partial charge on any atom is 0.270 e. The third-order valence-corrected chi connectivity index (χ3v) is 1.99. The first-order chi connectivity index (χ1) is 8.10. The molecule has 0 unspecified atom stereocenters. The van der Waals surface area contributed by atoms with Crippen LogP contribution in [-0.2, 0) is 0 Å². The fourth-order valence-electron chi connectivity index (χ4n) is 1.21. The largest absolute Gasteiger partial charge is 0.496 e. The lowest BCUT2D eigenvalue weighted by Crippen LogP contribution is -2.24. The van der Waals surface area contributed by atoms with Gasteiger partial charge in [-0.3, -0.25) is 14.9 Å². The second-order valence-corrected chi connectivity index (χ2v) is 3.03. The van der Waals surface area contributed by atoms with Gasteiger partial charge in [-0.25, -0.2) is 0 Å². The van der Waals surface area contributed by atoms with Gasteiger partial charge in [-0.15, -0.1) is 6.42 Å². The Kier molecular flexibility index (Phi) is 4.06. The SMILES string of the molecule is C#CCNC(=O)c1cc([N+](=O)[O-])ccc1OC. The number of carbonyl (C=O) groups is 1. The fraction of sp³-hybridized carbons (Fsp3) is 0.182. The Morgan fingerprint density at radius 1 is 1.65 bits per heavy atom. The molecular formula is C11H10N2O4. The van der Waals surface area contributed by atoms with Gasteiger partial charge in [0.15, 0.2) is 0 Å². The molecule has 0 aromatic heterocycles. The molecule has 0 spiro atoms. The van der Waals surface area contributed by atoms with E-state index in [1.807, 2.05) is 0 Å². The summed E-state index contributed by atoms with van der Waals surface area (Å²) in [6, 6.07) is 3.77. The minimum Gasteiger partial charge on any atom is -0.496 e. The molecule has 0 saturated heterocycles. The third-order valence-electron chi connectivity index (χ3n) is 1.99. The summed E-state index contributed by atoms with van der Waals surface area (Å²) in [5, 5.41) is 13.0. The summed E-state index contributed by atoms with van der Waals surface area (Å²) in [6.45, 7) is 0.0463. The average Bonchev–Trinajstić information content (AvgIpc) is 2.34. The summed E-state index contributed by atoms with van der Waals surface area (Å²) >= 11 is 0. The van der Waals surface area contributed by atoms with Crippen molar-refractivity contribution in [3.05, 3.63) is 33.9 Å². The zero-order valence-corrected chi connectivity index (χ0v) is 9.10. The molecule has 0 atom stereocenters. The first kappa shape index (κ1) is 12.5. The number of hydrogen-bond acceptors (Lipinski definition) is 4. The Morgan fingerprint density at radius 2 is 2.35 bits per heavy atom. The molecule has 17 heavy (non-hydrogen) atoms. The van der Waals surface area contributed by atoms with Crippen LogP contribution < -0.4 is 10.1 Å². The van der Waals surface area contributed by atoms with Crippen LogP contribution in [0.25, 0.3) is 0 Å². The number of ether oxygens (including phenoxy) is 1. The first-order valence-electron chi connectivity index (χ1n) is 4.64. The van der Waals surface area contributed by atoms with Crippen molar-refractivity contribution in [2.45, 2.75) is 0 Å². The van der Waals surface area contributed by atoms with E-state index in [4.69, 9.17) is 11.2 Å². The van der Waals surface area contributed by atoms with Gasteiger partial charge >= 0.3 is 0 Å². The Balaban J connectivity index is 3.10. The van der Waals surface area contributed by atoms with Gasteiger partial charge in [-0.2, -0.15) is 0 Å². The van der Waals surface area contributed by atoms with Gasteiger partial charge in [0.1, 0.15) is 5.75 Å². The van der Waals surface area contributed by atoms with Crippen molar-refractivity contribution >= 4 is 11.6 Å². The highest BCUT2D eigenvalue weighted by Crippen LogP contribution is 2.23. The number of amides is 1. The number of nitro benzene ring substituents is 1. The molecule has 1 rings (SSSR count). The predicted molar refractivity (Wildman–Crippen MR) is 60.8 cm³/mol. The number of methoxy groups -OCH3 is 1. The normalized spacial score (nSPS) is 9.18. The van der Waals surface area contributed by atoms with Crippen LogP contribution in [0.3, 0.4) is 0 Å². The Bertz CT molecular complexity index is 491. The number of carbonyl (C=O) groups excluding carboxylic acids is 1. The van der Waals surface area contributed by atoms with E-state index in [0.717, 1.165) is 6.07 Å². The van der Waals surface area contributed by atoms with Crippen LogP contribution in [0.2, 0.25) is 0 Å². The van der Waals surface area contributed by atoms with E-state index < -0.39 is 10.8 Å². The van der Waals surface area contributed by atoms with Crippen LogP contribution in [0.5, 0.6) is 5.75 Å². The standard InChI is InChI=1S/C11H10N2O4/c1-3-6-12-11(14)9-7-8(13(15)16)4-5-10(9)17-2/h1,4-5,7H,6H2,2H3,(H,12,14). The molecule has 6 nitrogen and oxygen atoms in total. The molecule has 0 aliphatic carbocycles. The number of hydrogen-bond donors (Lipinski definition) is 1. The summed E-state index contributed by atoms with van der Waals surface area (Å²) in [4.78, 5) is 21.7. The zero-order chi connectivity index (χ0) is 12.8. The van der Waals surface area contributed by atoms with Gasteiger partial charge in [0.2, 0.25) is 0 Å². The van der Waals surface area contributed by atoms with Crippen molar-refractivity contribution in [3.8, 4) is 18.1 Å². The summed E-state index contributed by atoms with van der Waals surface area (Å²) in [7, 11) is 1.37. The molecule has 0 aliphatic rings. The van der Waals surface area contributed by atoms with Crippen molar-refractivity contribution in [1.29, 1.82) is 0 Å². The molecule has 0 aliphatic heterocycles. The van der Waals surface area contributed by atoms with Crippen molar-refractivity contribution in [2.75, 3.05) is 13.7 Å². The molecule has 1 aromatic rings. The van der Waals surface area contributed by atoms with E-state index in [9.17, 15) is 14.9 Å². The first-order valence-corrected chi connectivity index (χ1v) is 4.64. The van der Waals surface area contributed by atoms with Crippen LogP contribution in [0, 0.1) is 22.5 Å². The van der Waals surface area contributed by atoms with Crippen LogP contribution in [0.4, 0.5) is 5.69 Å². The van der Waals surface area contributed by atoms with E-state index in [1.54, 1.807) is 0 Å². The molecule has 6 heteroatoms. The van der Waals surface area contributed by atoms with E-state index in [2.05, 4.69) is 11.2 Å². The lowest BCUT2D eigenvalue weighted by Gasteiger charge is -2.07. The van der Waals surface area contributed by atoms with E-state index >= 15 is 0 Å². The van der Waals surface area contributed by atoms with Gasteiger partial charge in [0, 0.05) is 12.1 Å². The number of benzene rings is 1. The van der Waals surface area contributed by atoms with E-state index in [0.29, 0.717) is 0 Å². The Labute approximate surface area is 97.7 Å². The highest BCUT2D eigenvalue weighted by atomic mass is 16.6. The van der Waals surface area contributed by atoms with Crippen molar-refractivity contribution < 1.29 is 14.5 Å². The predicted octanol–water partition coefficient (Wildman–Crippen LogP) is 0.966. The van der Waals surface area contributed by atoms with Gasteiger partial charge in [0.05, 0.1) is 24.1 Å². The van der Waals surface area contributed by atoms with Gasteiger partial charge < -0.3 is 10.1 Å². The Morgan fingerprint density at radius 3 is 2.88 bits per heavy atom. The third kappa shape index (κ3) is 2.95. The van der Waals surface area contributed by atoms with Crippen LogP contribution >= 0.6 is 0 Å². The number of rotatable bonds is 4. The van der Waals surface area contributed by atoms with Crippen molar-refractivity contribution in [2.24, 2.45) is 0 Å². The smallest absolute Gasteiger partial charge is 0.270 e. The molecule has 1 aromatic carbocycles. The summed E-state index contributed by atoms with van der Waals surface area (Å²) in [5.74, 6) is 1.98. The number of non-ortho nitro benzene ring substituents is 1. The molecule has 1 amide bonds. The van der Waals surface area contributed by atoms with Crippen molar-refractivity contribution in [3.63, 3.8) is 0 Å². The Hall–Kier alpha value is -2.55. The minimum absolute atomic E-state index is 0.0463. The van der Waals surface area contributed by atoms with Crippen LogP contribution in [-0.4, -0.2) is 24.5 Å². The summed E-state index contributed by atoms with van der Waals surface area (Å²) < 4.78 is 4.95. The van der Waals surface area contributed by atoms with Crippen LogP contribution in [0.1, 0.15) is 10.4 Å². The second kappa shape index (κ2) is 5.51. The number of nitro groups is 1. The monoisotopic (exact) mass is 234 g/mol. The highest BCUT2D eigenvalue weighted by molar-refractivity contribution is 5.97. The van der Waals surface area contributed by atoms with Gasteiger partial charge in [-0.05, 0) is 6.07 Å². The zero-order valence-electron chi connectivity index (χ0n) is 9.10. The molecule has 0 radical (unpaired) electrons. The summed E-state index contributed by atoms with van der Waals surface area (Å²) in [6.07, 6.45) is 5.00. The molecule has 88 valence electrons. The number of nitrogens with one attached hydrogen (secondary N) is 1. The fourth-order valence-corrected chi connectivity index (χ4v) is 1.21.